The third kappa shape index (κ3) is 4.60. The summed E-state index contributed by atoms with van der Waals surface area (Å²) in [4.78, 5) is 12.0. The molecule has 0 aliphatic carbocycles. The number of aliphatic hydroxyl groups excluding tert-OH is 1. The standard InChI is InChI=1S/C18H21NO3/c1-22-16-10-7-14(8-11-16)9-12-18(21)19-17(13-20)15-5-3-2-4-6-15/h2-8,10-11,17,20H,9,12-13H2,1H3,(H,19,21). The van der Waals surface area contributed by atoms with E-state index in [1.807, 2.05) is 54.6 Å². The van der Waals surface area contributed by atoms with E-state index in [1.165, 1.54) is 0 Å². The predicted octanol–water partition coefficient (Wildman–Crippen LogP) is 2.48. The molecule has 2 N–H and O–H groups in total. The van der Waals surface area contributed by atoms with Crippen LogP contribution in [0.15, 0.2) is 54.6 Å². The van der Waals surface area contributed by atoms with Gasteiger partial charge in [0.15, 0.2) is 0 Å². The van der Waals surface area contributed by atoms with Crippen LogP contribution in [-0.4, -0.2) is 24.7 Å². The molecule has 0 saturated heterocycles. The molecule has 116 valence electrons. The molecule has 0 aliphatic rings. The largest absolute Gasteiger partial charge is 0.497 e. The molecule has 4 nitrogen and oxygen atoms in total. The van der Waals surface area contributed by atoms with Gasteiger partial charge < -0.3 is 15.2 Å². The molecule has 1 atom stereocenters. The van der Waals surface area contributed by atoms with Crippen molar-refractivity contribution in [2.45, 2.75) is 18.9 Å². The Kier molecular flexibility index (Phi) is 5.98. The molecule has 2 rings (SSSR count). The lowest BCUT2D eigenvalue weighted by atomic mass is 10.1. The fourth-order valence-corrected chi connectivity index (χ4v) is 2.24. The zero-order valence-corrected chi connectivity index (χ0v) is 12.7. The van der Waals surface area contributed by atoms with Gasteiger partial charge in [0.05, 0.1) is 19.8 Å². The van der Waals surface area contributed by atoms with Crippen LogP contribution in [0, 0.1) is 0 Å². The number of aryl methyl sites for hydroxylation is 1. The minimum atomic E-state index is -0.357. The Labute approximate surface area is 130 Å². The van der Waals surface area contributed by atoms with Gasteiger partial charge in [-0.2, -0.15) is 0 Å². The van der Waals surface area contributed by atoms with Crippen molar-refractivity contribution in [1.82, 2.24) is 5.32 Å². The lowest BCUT2D eigenvalue weighted by Gasteiger charge is -2.16. The van der Waals surface area contributed by atoms with E-state index < -0.39 is 0 Å². The highest BCUT2D eigenvalue weighted by Crippen LogP contribution is 2.14. The minimum Gasteiger partial charge on any atom is -0.497 e. The Bertz CT molecular complexity index is 581. The van der Waals surface area contributed by atoms with Crippen molar-refractivity contribution in [2.75, 3.05) is 13.7 Å². The number of amides is 1. The van der Waals surface area contributed by atoms with Crippen molar-refractivity contribution < 1.29 is 14.6 Å². The second kappa shape index (κ2) is 8.20. The van der Waals surface area contributed by atoms with E-state index in [1.54, 1.807) is 7.11 Å². The third-order valence-electron chi connectivity index (χ3n) is 3.52. The van der Waals surface area contributed by atoms with Crippen molar-refractivity contribution in [3.8, 4) is 5.75 Å². The van der Waals surface area contributed by atoms with E-state index in [2.05, 4.69) is 5.32 Å². The lowest BCUT2D eigenvalue weighted by molar-refractivity contribution is -0.122. The average molecular weight is 299 g/mol. The van der Waals surface area contributed by atoms with Gasteiger partial charge in [-0.25, -0.2) is 0 Å². The SMILES string of the molecule is COc1ccc(CCC(=O)NC(CO)c2ccccc2)cc1. The van der Waals surface area contributed by atoms with Crippen LogP contribution < -0.4 is 10.1 Å². The van der Waals surface area contributed by atoms with Gasteiger partial charge in [-0.1, -0.05) is 42.5 Å². The number of methoxy groups -OCH3 is 1. The first-order valence-electron chi connectivity index (χ1n) is 7.31. The van der Waals surface area contributed by atoms with E-state index in [4.69, 9.17) is 4.74 Å². The number of aliphatic hydroxyl groups is 1. The molecule has 1 amide bonds. The first kappa shape index (κ1) is 16.0. The zero-order chi connectivity index (χ0) is 15.8. The Morgan fingerprint density at radius 2 is 1.82 bits per heavy atom. The summed E-state index contributed by atoms with van der Waals surface area (Å²) in [6.07, 6.45) is 1.04. The molecular weight excluding hydrogens is 278 g/mol. The molecule has 4 heteroatoms. The van der Waals surface area contributed by atoms with E-state index in [9.17, 15) is 9.90 Å². The molecule has 0 fully saturated rings. The van der Waals surface area contributed by atoms with Gasteiger partial charge in [0.1, 0.15) is 5.75 Å². The second-order valence-electron chi connectivity index (χ2n) is 5.06. The summed E-state index contributed by atoms with van der Waals surface area (Å²) in [7, 11) is 1.63. The molecule has 0 radical (unpaired) electrons. The van der Waals surface area contributed by atoms with Gasteiger partial charge in [0.25, 0.3) is 0 Å². The summed E-state index contributed by atoms with van der Waals surface area (Å²) in [5.41, 5.74) is 1.99. The Balaban J connectivity index is 1.86. The first-order valence-corrected chi connectivity index (χ1v) is 7.31. The first-order chi connectivity index (χ1) is 10.7. The van der Waals surface area contributed by atoms with Crippen molar-refractivity contribution in [3.05, 3.63) is 65.7 Å². The zero-order valence-electron chi connectivity index (χ0n) is 12.7. The predicted molar refractivity (Wildman–Crippen MR) is 85.7 cm³/mol. The second-order valence-corrected chi connectivity index (χ2v) is 5.06. The van der Waals surface area contributed by atoms with Crippen LogP contribution in [-0.2, 0) is 11.2 Å². The summed E-state index contributed by atoms with van der Waals surface area (Å²) in [6.45, 7) is -0.113. The number of hydrogen-bond acceptors (Lipinski definition) is 3. The van der Waals surface area contributed by atoms with Crippen molar-refractivity contribution in [2.24, 2.45) is 0 Å². The molecule has 2 aromatic carbocycles. The van der Waals surface area contributed by atoms with Crippen LogP contribution in [0.2, 0.25) is 0 Å². The molecule has 2 aromatic rings. The molecule has 0 aromatic heterocycles. The van der Waals surface area contributed by atoms with E-state index >= 15 is 0 Å². The average Bonchev–Trinajstić information content (AvgIpc) is 2.59. The highest BCUT2D eigenvalue weighted by atomic mass is 16.5. The summed E-state index contributed by atoms with van der Waals surface area (Å²) in [6, 6.07) is 16.8. The number of carbonyl (C=O) groups excluding carboxylic acids is 1. The van der Waals surface area contributed by atoms with Gasteiger partial charge in [0.2, 0.25) is 5.91 Å². The maximum atomic E-state index is 12.0. The molecule has 0 heterocycles. The number of hydrogen-bond donors (Lipinski definition) is 2. The van der Waals surface area contributed by atoms with Gasteiger partial charge in [-0.15, -0.1) is 0 Å². The van der Waals surface area contributed by atoms with E-state index in [0.717, 1.165) is 16.9 Å². The fraction of sp³-hybridized carbons (Fsp3) is 0.278. The molecule has 1 unspecified atom stereocenters. The highest BCUT2D eigenvalue weighted by molar-refractivity contribution is 5.76. The lowest BCUT2D eigenvalue weighted by Crippen LogP contribution is -2.30. The molecular formula is C18H21NO3. The highest BCUT2D eigenvalue weighted by Gasteiger charge is 2.13. The van der Waals surface area contributed by atoms with Crippen LogP contribution in [0.25, 0.3) is 0 Å². The number of ether oxygens (including phenoxy) is 1. The van der Waals surface area contributed by atoms with Gasteiger partial charge in [0, 0.05) is 6.42 Å². The Morgan fingerprint density at radius 1 is 1.14 bits per heavy atom. The molecule has 0 aliphatic heterocycles. The summed E-state index contributed by atoms with van der Waals surface area (Å²) < 4.78 is 5.10. The fourth-order valence-electron chi connectivity index (χ4n) is 2.24. The summed E-state index contributed by atoms with van der Waals surface area (Å²) >= 11 is 0. The quantitative estimate of drug-likeness (QED) is 0.826. The number of carbonyl (C=O) groups is 1. The number of nitrogens with one attached hydrogen (secondary N) is 1. The molecule has 0 saturated carbocycles. The molecule has 0 spiro atoms. The van der Waals surface area contributed by atoms with Gasteiger partial charge in [-0.05, 0) is 29.7 Å². The normalized spacial score (nSPS) is 11.7. The van der Waals surface area contributed by atoms with Crippen LogP contribution in [0.4, 0.5) is 0 Å². The van der Waals surface area contributed by atoms with Gasteiger partial charge >= 0.3 is 0 Å². The summed E-state index contributed by atoms with van der Waals surface area (Å²) in [5, 5.41) is 12.3. The summed E-state index contributed by atoms with van der Waals surface area (Å²) in [5.74, 6) is 0.733. The van der Waals surface area contributed by atoms with E-state index in [0.29, 0.717) is 12.8 Å². The smallest absolute Gasteiger partial charge is 0.220 e. The number of benzene rings is 2. The Morgan fingerprint density at radius 3 is 2.41 bits per heavy atom. The van der Waals surface area contributed by atoms with Crippen molar-refractivity contribution in [1.29, 1.82) is 0 Å². The van der Waals surface area contributed by atoms with Crippen LogP contribution in [0.5, 0.6) is 5.75 Å². The third-order valence-corrected chi connectivity index (χ3v) is 3.52. The molecule has 0 bridgehead atoms. The molecule has 22 heavy (non-hydrogen) atoms. The number of rotatable bonds is 7. The monoisotopic (exact) mass is 299 g/mol. The van der Waals surface area contributed by atoms with Crippen LogP contribution >= 0.6 is 0 Å². The van der Waals surface area contributed by atoms with Crippen LogP contribution in [0.1, 0.15) is 23.6 Å². The van der Waals surface area contributed by atoms with Gasteiger partial charge in [-0.3, -0.25) is 4.79 Å². The van der Waals surface area contributed by atoms with Crippen LogP contribution in [0.3, 0.4) is 0 Å². The van der Waals surface area contributed by atoms with Crippen molar-refractivity contribution >= 4 is 5.91 Å². The maximum Gasteiger partial charge on any atom is 0.220 e. The van der Waals surface area contributed by atoms with E-state index in [-0.39, 0.29) is 18.6 Å². The minimum absolute atomic E-state index is 0.0706. The topological polar surface area (TPSA) is 58.6 Å². The maximum absolute atomic E-state index is 12.0. The Hall–Kier alpha value is -2.33. The van der Waals surface area contributed by atoms with Crippen molar-refractivity contribution in [3.63, 3.8) is 0 Å².